The predicted octanol–water partition coefficient (Wildman–Crippen LogP) is 3.49. The third kappa shape index (κ3) is 2.96. The first-order valence-electron chi connectivity index (χ1n) is 6.86. The second-order valence-electron chi connectivity index (χ2n) is 4.75. The number of hydrazone groups is 1. The minimum Gasteiger partial charge on any atom is -0.496 e. The number of amides is 1. The number of aliphatic imine (C=N–C) groups is 1. The number of hydrogen-bond acceptors (Lipinski definition) is 5. The molecule has 1 amide bonds. The first-order valence-corrected chi connectivity index (χ1v) is 8.47. The summed E-state index contributed by atoms with van der Waals surface area (Å²) in [5, 5.41) is 15.3. The highest BCUT2D eigenvalue weighted by atomic mass is 79.9. The summed E-state index contributed by atoms with van der Waals surface area (Å²) in [6.07, 6.45) is 2.35. The van der Waals surface area contributed by atoms with Gasteiger partial charge in [0.2, 0.25) is 5.17 Å². The number of methoxy groups -OCH3 is 1. The Morgan fingerprint density at radius 2 is 2.26 bits per heavy atom. The van der Waals surface area contributed by atoms with E-state index in [1.807, 2.05) is 19.1 Å². The molecule has 23 heavy (non-hydrogen) atoms. The largest absolute Gasteiger partial charge is 0.496 e. The molecule has 0 saturated carbocycles. The average Bonchev–Trinajstić information content (AvgIpc) is 2.95. The Balaban J connectivity index is 2.04. The molecule has 2 aliphatic rings. The Kier molecular flexibility index (Phi) is 4.36. The fourth-order valence-corrected chi connectivity index (χ4v) is 3.35. The molecule has 1 aromatic rings. The van der Waals surface area contributed by atoms with Gasteiger partial charge in [-0.25, -0.2) is 0 Å². The van der Waals surface area contributed by atoms with Crippen LogP contribution in [0.15, 0.2) is 38.3 Å². The van der Waals surface area contributed by atoms with E-state index in [9.17, 15) is 4.79 Å². The smallest absolute Gasteiger partial charge is 0.283 e. The second-order valence-corrected chi connectivity index (χ2v) is 6.71. The van der Waals surface area contributed by atoms with E-state index in [0.29, 0.717) is 16.5 Å². The highest BCUT2D eigenvalue weighted by Crippen LogP contribution is 2.31. The first kappa shape index (κ1) is 15.9. The number of amidine groups is 2. The van der Waals surface area contributed by atoms with Gasteiger partial charge >= 0.3 is 0 Å². The molecule has 0 unspecified atom stereocenters. The summed E-state index contributed by atoms with van der Waals surface area (Å²) in [5.41, 5.74) is 0.882. The average molecular weight is 393 g/mol. The summed E-state index contributed by atoms with van der Waals surface area (Å²) in [7, 11) is 1.56. The van der Waals surface area contributed by atoms with Crippen molar-refractivity contribution in [3.8, 4) is 5.75 Å². The van der Waals surface area contributed by atoms with Crippen LogP contribution in [0.2, 0.25) is 0 Å². The van der Waals surface area contributed by atoms with E-state index in [4.69, 9.17) is 10.1 Å². The maximum absolute atomic E-state index is 12.3. The zero-order valence-corrected chi connectivity index (χ0v) is 14.9. The third-order valence-corrected chi connectivity index (χ3v) is 4.84. The van der Waals surface area contributed by atoms with Crippen molar-refractivity contribution in [2.24, 2.45) is 10.1 Å². The number of carbonyl (C=O) groups excluding carboxylic acids is 1. The van der Waals surface area contributed by atoms with Gasteiger partial charge in [-0.15, -0.1) is 0 Å². The van der Waals surface area contributed by atoms with Crippen LogP contribution in [0.5, 0.6) is 5.75 Å². The molecule has 118 valence electrons. The van der Waals surface area contributed by atoms with Crippen molar-refractivity contribution in [2.75, 3.05) is 7.11 Å². The lowest BCUT2D eigenvalue weighted by molar-refractivity contribution is -0.114. The van der Waals surface area contributed by atoms with Crippen molar-refractivity contribution in [2.45, 2.75) is 13.3 Å². The van der Waals surface area contributed by atoms with Gasteiger partial charge in [-0.1, -0.05) is 22.9 Å². The number of nitrogens with zero attached hydrogens (tertiary/aromatic N) is 3. The molecule has 0 bridgehead atoms. The zero-order chi connectivity index (χ0) is 16.6. The molecule has 6 nitrogen and oxygen atoms in total. The molecule has 0 atom stereocenters. The minimum atomic E-state index is -0.441. The quantitative estimate of drug-likeness (QED) is 0.798. The number of benzene rings is 1. The van der Waals surface area contributed by atoms with Gasteiger partial charge in [0.25, 0.3) is 5.91 Å². The van der Waals surface area contributed by atoms with Crippen LogP contribution in [-0.4, -0.2) is 34.1 Å². The number of rotatable bonds is 3. The van der Waals surface area contributed by atoms with Crippen LogP contribution in [0.1, 0.15) is 18.9 Å². The molecule has 1 aromatic carbocycles. The van der Waals surface area contributed by atoms with Crippen LogP contribution < -0.4 is 4.74 Å². The van der Waals surface area contributed by atoms with E-state index in [-0.39, 0.29) is 11.4 Å². The maximum Gasteiger partial charge on any atom is 0.283 e. The summed E-state index contributed by atoms with van der Waals surface area (Å²) in [6, 6.07) is 5.46. The normalized spacial score (nSPS) is 18.9. The Labute approximate surface area is 145 Å². The molecule has 3 rings (SSSR count). The standard InChI is InChI=1S/C15H13BrN4O2S/c1-3-12-19-20-13(17)10(14(21)18-15(20)23-12)7-8-6-9(16)4-5-11(8)22-2/h4-7,17H,3H2,1-2H3. The van der Waals surface area contributed by atoms with Crippen molar-refractivity contribution < 1.29 is 9.53 Å². The number of nitrogens with one attached hydrogen (secondary N) is 1. The van der Waals surface area contributed by atoms with Crippen LogP contribution >= 0.6 is 27.7 Å². The van der Waals surface area contributed by atoms with Crippen LogP contribution in [0.4, 0.5) is 0 Å². The molecule has 0 radical (unpaired) electrons. The highest BCUT2D eigenvalue weighted by Gasteiger charge is 2.35. The molecule has 0 spiro atoms. The molecule has 0 aromatic heterocycles. The van der Waals surface area contributed by atoms with Crippen LogP contribution in [-0.2, 0) is 4.79 Å². The van der Waals surface area contributed by atoms with Crippen molar-refractivity contribution in [3.63, 3.8) is 0 Å². The molecule has 0 saturated heterocycles. The van der Waals surface area contributed by atoms with Gasteiger partial charge in [0, 0.05) is 10.0 Å². The van der Waals surface area contributed by atoms with E-state index >= 15 is 0 Å². The van der Waals surface area contributed by atoms with Crippen LogP contribution in [0.3, 0.4) is 0 Å². The van der Waals surface area contributed by atoms with E-state index in [1.54, 1.807) is 19.3 Å². The molecular formula is C15H13BrN4O2S. The van der Waals surface area contributed by atoms with Crippen molar-refractivity contribution in [1.82, 2.24) is 5.01 Å². The monoisotopic (exact) mass is 392 g/mol. The van der Waals surface area contributed by atoms with E-state index in [1.165, 1.54) is 16.8 Å². The second kappa shape index (κ2) is 6.29. The lowest BCUT2D eigenvalue weighted by Crippen LogP contribution is -2.35. The van der Waals surface area contributed by atoms with Crippen molar-refractivity contribution in [3.05, 3.63) is 33.8 Å². The number of hydrogen-bond donors (Lipinski definition) is 1. The molecular weight excluding hydrogens is 380 g/mol. The number of fused-ring (bicyclic) bond motifs is 1. The topological polar surface area (TPSA) is 78.1 Å². The molecule has 2 aliphatic heterocycles. The maximum atomic E-state index is 12.3. The van der Waals surface area contributed by atoms with Gasteiger partial charge in [-0.3, -0.25) is 10.2 Å². The lowest BCUT2D eigenvalue weighted by atomic mass is 10.1. The summed E-state index contributed by atoms with van der Waals surface area (Å²) >= 11 is 4.72. The third-order valence-electron chi connectivity index (χ3n) is 3.29. The van der Waals surface area contributed by atoms with E-state index in [2.05, 4.69) is 26.0 Å². The lowest BCUT2D eigenvalue weighted by Gasteiger charge is -2.20. The number of carbonyl (C=O) groups is 1. The Morgan fingerprint density at radius 1 is 1.48 bits per heavy atom. The van der Waals surface area contributed by atoms with Gasteiger partial charge < -0.3 is 4.74 Å². The fraction of sp³-hybridized carbons (Fsp3) is 0.200. The van der Waals surface area contributed by atoms with Gasteiger partial charge in [0.15, 0.2) is 5.84 Å². The van der Waals surface area contributed by atoms with Gasteiger partial charge in [0.1, 0.15) is 10.8 Å². The number of halogens is 1. The highest BCUT2D eigenvalue weighted by molar-refractivity contribution is 9.10. The van der Waals surface area contributed by atoms with Gasteiger partial charge in [-0.2, -0.15) is 15.1 Å². The molecule has 0 fully saturated rings. The van der Waals surface area contributed by atoms with Gasteiger partial charge in [-0.05, 0) is 42.5 Å². The van der Waals surface area contributed by atoms with Gasteiger partial charge in [0.05, 0.1) is 12.7 Å². The number of thioether (sulfide) groups is 1. The van der Waals surface area contributed by atoms with E-state index < -0.39 is 5.91 Å². The Bertz CT molecular complexity index is 801. The van der Waals surface area contributed by atoms with Crippen molar-refractivity contribution in [1.29, 1.82) is 5.41 Å². The molecule has 8 heteroatoms. The SMILES string of the molecule is CCC1=NN2C(=N)C(=Cc3cc(Br)ccc3OC)C(=O)N=C2S1. The number of ether oxygens (including phenoxy) is 1. The summed E-state index contributed by atoms with van der Waals surface area (Å²) in [5.74, 6) is 0.200. The molecule has 1 N–H and O–H groups in total. The van der Waals surface area contributed by atoms with Crippen molar-refractivity contribution >= 4 is 55.7 Å². The fourth-order valence-electron chi connectivity index (χ4n) is 2.15. The molecule has 0 aliphatic carbocycles. The van der Waals surface area contributed by atoms with Crippen LogP contribution in [0.25, 0.3) is 6.08 Å². The Morgan fingerprint density at radius 3 is 2.96 bits per heavy atom. The minimum absolute atomic E-state index is 0.0259. The Hall–Kier alpha value is -1.93. The summed E-state index contributed by atoms with van der Waals surface area (Å²) in [4.78, 5) is 16.3. The summed E-state index contributed by atoms with van der Waals surface area (Å²) in [6.45, 7) is 1.97. The summed E-state index contributed by atoms with van der Waals surface area (Å²) < 4.78 is 6.16. The predicted molar refractivity (Wildman–Crippen MR) is 96.0 cm³/mol. The van der Waals surface area contributed by atoms with E-state index in [0.717, 1.165) is 15.9 Å². The van der Waals surface area contributed by atoms with Crippen LogP contribution in [0, 0.1) is 5.41 Å². The zero-order valence-electron chi connectivity index (χ0n) is 12.5. The first-order chi connectivity index (χ1) is 11.0. The molecule has 2 heterocycles.